The Hall–Kier alpha value is -4.42. The lowest BCUT2D eigenvalue weighted by Gasteiger charge is -2.37. The van der Waals surface area contributed by atoms with Crippen LogP contribution in [-0.4, -0.2) is 49.1 Å². The summed E-state index contributed by atoms with van der Waals surface area (Å²) in [6.07, 6.45) is 3.62. The third-order valence-corrected chi connectivity index (χ3v) is 9.09. The molecule has 1 aliphatic heterocycles. The molecule has 6 nitrogen and oxygen atoms in total. The van der Waals surface area contributed by atoms with Crippen molar-refractivity contribution < 1.29 is 14.3 Å². The van der Waals surface area contributed by atoms with Crippen LogP contribution in [0, 0.1) is 0 Å². The topological polar surface area (TPSA) is 70.7 Å². The molecular weight excluding hydrogens is 558 g/mol. The van der Waals surface area contributed by atoms with Gasteiger partial charge in [-0.2, -0.15) is 0 Å². The number of ether oxygens (including phenoxy) is 1. The van der Waals surface area contributed by atoms with Crippen molar-refractivity contribution in [3.8, 4) is 0 Å². The minimum absolute atomic E-state index is 0.149. The van der Waals surface area contributed by atoms with Crippen LogP contribution in [-0.2, 0) is 21.6 Å². The third-order valence-electron chi connectivity index (χ3n) is 9.09. The molecule has 5 rings (SSSR count). The molecule has 0 aromatic heterocycles. The zero-order chi connectivity index (χ0) is 31.3. The molecule has 0 bridgehead atoms. The fourth-order valence-corrected chi connectivity index (χ4v) is 6.48. The van der Waals surface area contributed by atoms with Crippen molar-refractivity contribution in [3.63, 3.8) is 0 Å². The lowest BCUT2D eigenvalue weighted by molar-refractivity contribution is -0.122. The molecule has 0 unspecified atom stereocenters. The van der Waals surface area contributed by atoms with E-state index in [2.05, 4.69) is 94.4 Å². The lowest BCUT2D eigenvalue weighted by atomic mass is 9.71. The Morgan fingerprint density at radius 1 is 0.800 bits per heavy atom. The van der Waals surface area contributed by atoms with Gasteiger partial charge in [0.15, 0.2) is 0 Å². The van der Waals surface area contributed by atoms with Crippen LogP contribution < -0.4 is 10.6 Å². The van der Waals surface area contributed by atoms with Crippen molar-refractivity contribution >= 4 is 12.0 Å². The minimum atomic E-state index is -0.747. The Kier molecular flexibility index (Phi) is 11.4. The molecule has 1 heterocycles. The average Bonchev–Trinajstić information content (AvgIpc) is 3.10. The molecule has 0 saturated carbocycles. The van der Waals surface area contributed by atoms with E-state index in [1.165, 1.54) is 29.5 Å². The standard InChI is InChI=1S/C39H45N3O3/c1-31(41-38(44)45-29-32-15-6-2-7-16-32)37(43)40-30-39(35-19-10-4-11-20-35,36-21-12-5-13-22-36)25-14-26-42-27-23-34(24-28-42)33-17-8-3-9-18-33/h2-13,15-22,31,34H,14,23-30H2,1H3,(H,40,43)(H,41,44)/t31-/m1/s1. The van der Waals surface area contributed by atoms with Gasteiger partial charge in [0, 0.05) is 12.0 Å². The first-order valence-electron chi connectivity index (χ1n) is 16.2. The molecule has 2 amide bonds. The van der Waals surface area contributed by atoms with Gasteiger partial charge in [0.2, 0.25) is 5.91 Å². The van der Waals surface area contributed by atoms with Crippen molar-refractivity contribution in [3.05, 3.63) is 144 Å². The highest BCUT2D eigenvalue weighted by molar-refractivity contribution is 5.85. The summed E-state index contributed by atoms with van der Waals surface area (Å²) in [5, 5.41) is 5.88. The number of nitrogens with zero attached hydrogens (tertiary/aromatic N) is 1. The first kappa shape index (κ1) is 32.0. The average molecular weight is 604 g/mol. The van der Waals surface area contributed by atoms with E-state index in [0.717, 1.165) is 38.0 Å². The summed E-state index contributed by atoms with van der Waals surface area (Å²) >= 11 is 0. The van der Waals surface area contributed by atoms with E-state index in [0.29, 0.717) is 12.5 Å². The van der Waals surface area contributed by atoms with Crippen molar-refractivity contribution in [1.29, 1.82) is 0 Å². The highest BCUT2D eigenvalue weighted by Crippen LogP contribution is 2.37. The van der Waals surface area contributed by atoms with Gasteiger partial charge in [-0.05, 0) is 80.4 Å². The van der Waals surface area contributed by atoms with Gasteiger partial charge in [0.1, 0.15) is 12.6 Å². The normalized spacial score (nSPS) is 14.8. The van der Waals surface area contributed by atoms with E-state index in [4.69, 9.17) is 4.74 Å². The number of piperidine rings is 1. The van der Waals surface area contributed by atoms with E-state index < -0.39 is 17.6 Å². The molecule has 0 spiro atoms. The van der Waals surface area contributed by atoms with Gasteiger partial charge in [0.25, 0.3) is 0 Å². The molecule has 0 aliphatic carbocycles. The monoisotopic (exact) mass is 603 g/mol. The first-order valence-corrected chi connectivity index (χ1v) is 16.2. The zero-order valence-electron chi connectivity index (χ0n) is 26.2. The van der Waals surface area contributed by atoms with Gasteiger partial charge in [-0.1, -0.05) is 121 Å². The molecule has 4 aromatic rings. The predicted octanol–water partition coefficient (Wildman–Crippen LogP) is 7.06. The van der Waals surface area contributed by atoms with Crippen molar-refractivity contribution in [2.45, 2.75) is 56.6 Å². The lowest BCUT2D eigenvalue weighted by Crippen LogP contribution is -2.49. The molecule has 1 atom stereocenters. The number of nitrogens with one attached hydrogen (secondary N) is 2. The van der Waals surface area contributed by atoms with Gasteiger partial charge in [0.05, 0.1) is 0 Å². The van der Waals surface area contributed by atoms with E-state index in [-0.39, 0.29) is 12.5 Å². The van der Waals surface area contributed by atoms with Crippen LogP contribution in [0.2, 0.25) is 0 Å². The Balaban J connectivity index is 1.23. The van der Waals surface area contributed by atoms with Crippen LogP contribution in [0.4, 0.5) is 4.79 Å². The first-order chi connectivity index (χ1) is 22.0. The Labute approximate surface area is 267 Å². The number of benzene rings is 4. The van der Waals surface area contributed by atoms with E-state index in [1.807, 2.05) is 42.5 Å². The Bertz CT molecular complexity index is 1420. The predicted molar refractivity (Wildman–Crippen MR) is 180 cm³/mol. The molecule has 2 N–H and O–H groups in total. The zero-order valence-corrected chi connectivity index (χ0v) is 26.2. The molecule has 4 aromatic carbocycles. The summed E-state index contributed by atoms with van der Waals surface area (Å²) in [6, 6.07) is 40.6. The molecule has 1 saturated heterocycles. The molecule has 1 fully saturated rings. The smallest absolute Gasteiger partial charge is 0.408 e. The SMILES string of the molecule is C[C@@H](NC(=O)OCc1ccccc1)C(=O)NCC(CCCN1CCC(c2ccccc2)CC1)(c1ccccc1)c1ccccc1. The molecule has 45 heavy (non-hydrogen) atoms. The maximum atomic E-state index is 13.3. The molecule has 0 radical (unpaired) electrons. The van der Waals surface area contributed by atoms with Gasteiger partial charge in [-0.15, -0.1) is 0 Å². The van der Waals surface area contributed by atoms with Gasteiger partial charge in [-0.25, -0.2) is 4.79 Å². The number of rotatable bonds is 13. The number of alkyl carbamates (subject to hydrolysis) is 1. The van der Waals surface area contributed by atoms with Crippen molar-refractivity contribution in [2.75, 3.05) is 26.2 Å². The summed E-state index contributed by atoms with van der Waals surface area (Å²) < 4.78 is 5.34. The Morgan fingerprint density at radius 2 is 1.33 bits per heavy atom. The summed E-state index contributed by atoms with van der Waals surface area (Å²) in [4.78, 5) is 28.4. The summed E-state index contributed by atoms with van der Waals surface area (Å²) in [5.74, 6) is 0.391. The maximum absolute atomic E-state index is 13.3. The molecule has 6 heteroatoms. The third kappa shape index (κ3) is 8.83. The summed E-state index contributed by atoms with van der Waals surface area (Å²) in [6.45, 7) is 5.47. The van der Waals surface area contributed by atoms with E-state index >= 15 is 0 Å². The largest absolute Gasteiger partial charge is 0.445 e. The van der Waals surface area contributed by atoms with Crippen molar-refractivity contribution in [2.24, 2.45) is 0 Å². The van der Waals surface area contributed by atoms with Crippen LogP contribution >= 0.6 is 0 Å². The number of hydrogen-bond donors (Lipinski definition) is 2. The fourth-order valence-electron chi connectivity index (χ4n) is 6.48. The molecule has 1 aliphatic rings. The summed E-state index contributed by atoms with van der Waals surface area (Å²) in [7, 11) is 0. The van der Waals surface area contributed by atoms with Crippen LogP contribution in [0.25, 0.3) is 0 Å². The van der Waals surface area contributed by atoms with Crippen molar-refractivity contribution in [1.82, 2.24) is 15.5 Å². The van der Waals surface area contributed by atoms with Crippen LogP contribution in [0.5, 0.6) is 0 Å². The van der Waals surface area contributed by atoms with Crippen LogP contribution in [0.1, 0.15) is 60.8 Å². The number of carbonyl (C=O) groups excluding carboxylic acids is 2. The number of carbonyl (C=O) groups is 2. The van der Waals surface area contributed by atoms with Gasteiger partial charge < -0.3 is 20.3 Å². The Morgan fingerprint density at radius 3 is 1.91 bits per heavy atom. The minimum Gasteiger partial charge on any atom is -0.445 e. The summed E-state index contributed by atoms with van der Waals surface area (Å²) in [5.41, 5.74) is 4.26. The molecular formula is C39H45N3O3. The second-order valence-electron chi connectivity index (χ2n) is 12.1. The highest BCUT2D eigenvalue weighted by atomic mass is 16.5. The van der Waals surface area contributed by atoms with Crippen LogP contribution in [0.3, 0.4) is 0 Å². The quantitative estimate of drug-likeness (QED) is 0.172. The molecule has 234 valence electrons. The second kappa shape index (κ2) is 16.1. The number of hydrogen-bond acceptors (Lipinski definition) is 4. The fraction of sp³-hybridized carbons (Fsp3) is 0.333. The van der Waals surface area contributed by atoms with E-state index in [9.17, 15) is 9.59 Å². The van der Waals surface area contributed by atoms with Crippen LogP contribution in [0.15, 0.2) is 121 Å². The number of amides is 2. The second-order valence-corrected chi connectivity index (χ2v) is 12.1. The van der Waals surface area contributed by atoms with E-state index in [1.54, 1.807) is 6.92 Å². The number of likely N-dealkylation sites (tertiary alicyclic amines) is 1. The highest BCUT2D eigenvalue weighted by Gasteiger charge is 2.35. The van der Waals surface area contributed by atoms with Gasteiger partial charge in [-0.3, -0.25) is 4.79 Å². The maximum Gasteiger partial charge on any atom is 0.408 e. The van der Waals surface area contributed by atoms with Gasteiger partial charge >= 0.3 is 6.09 Å².